The fourth-order valence-corrected chi connectivity index (χ4v) is 4.41. The second-order valence-corrected chi connectivity index (χ2v) is 7.85. The van der Waals surface area contributed by atoms with E-state index in [4.69, 9.17) is 4.74 Å². The van der Waals surface area contributed by atoms with Gasteiger partial charge in [0.2, 0.25) is 0 Å². The standard InChI is InChI=1S/C19H16N2O2S2/c22-19(13-10-17-16(20-11-13)8-9-24-17)21-12-15-6-7-18(25-15)23-14-4-2-1-3-5-14/h1-7,10-11H,8-9,12H2,(H,21,22). The summed E-state index contributed by atoms with van der Waals surface area (Å²) in [6.07, 6.45) is 2.65. The average Bonchev–Trinajstić information content (AvgIpc) is 3.29. The summed E-state index contributed by atoms with van der Waals surface area (Å²) in [5.74, 6) is 1.76. The highest BCUT2D eigenvalue weighted by Crippen LogP contribution is 2.31. The van der Waals surface area contributed by atoms with Gasteiger partial charge in [0, 0.05) is 28.1 Å². The van der Waals surface area contributed by atoms with Gasteiger partial charge in [-0.05, 0) is 30.3 Å². The van der Waals surface area contributed by atoms with Crippen molar-refractivity contribution in [2.24, 2.45) is 0 Å². The summed E-state index contributed by atoms with van der Waals surface area (Å²) < 4.78 is 5.79. The summed E-state index contributed by atoms with van der Waals surface area (Å²) >= 11 is 3.29. The first kappa shape index (κ1) is 16.2. The van der Waals surface area contributed by atoms with Crippen molar-refractivity contribution in [3.05, 3.63) is 70.9 Å². The highest BCUT2D eigenvalue weighted by molar-refractivity contribution is 7.99. The first-order valence-electron chi connectivity index (χ1n) is 7.99. The van der Waals surface area contributed by atoms with Gasteiger partial charge in [0.05, 0.1) is 17.8 Å². The van der Waals surface area contributed by atoms with Gasteiger partial charge in [0.1, 0.15) is 5.75 Å². The van der Waals surface area contributed by atoms with Gasteiger partial charge in [-0.25, -0.2) is 0 Å². The molecule has 1 N–H and O–H groups in total. The van der Waals surface area contributed by atoms with E-state index >= 15 is 0 Å². The van der Waals surface area contributed by atoms with Gasteiger partial charge < -0.3 is 10.1 Å². The minimum atomic E-state index is -0.0956. The first-order chi connectivity index (χ1) is 12.3. The smallest absolute Gasteiger partial charge is 0.253 e. The van der Waals surface area contributed by atoms with Crippen molar-refractivity contribution >= 4 is 29.0 Å². The molecule has 0 saturated heterocycles. The molecule has 126 valence electrons. The zero-order chi connectivity index (χ0) is 17.1. The molecule has 3 heterocycles. The molecular formula is C19H16N2O2S2. The molecule has 0 spiro atoms. The number of aryl methyl sites for hydroxylation is 1. The SMILES string of the molecule is O=C(NCc1ccc(Oc2ccccc2)s1)c1cnc2c(c1)SCC2. The summed E-state index contributed by atoms with van der Waals surface area (Å²) in [4.78, 5) is 18.9. The van der Waals surface area contributed by atoms with Gasteiger partial charge in [0.15, 0.2) is 5.06 Å². The maximum atomic E-state index is 12.3. The number of thiophene rings is 1. The fourth-order valence-electron chi connectivity index (χ4n) is 2.55. The number of thioether (sulfide) groups is 1. The van der Waals surface area contributed by atoms with Crippen LogP contribution in [-0.4, -0.2) is 16.6 Å². The van der Waals surface area contributed by atoms with Crippen LogP contribution >= 0.6 is 23.1 Å². The molecule has 1 aliphatic rings. The summed E-state index contributed by atoms with van der Waals surface area (Å²) in [7, 11) is 0. The van der Waals surface area contributed by atoms with E-state index in [2.05, 4.69) is 10.3 Å². The lowest BCUT2D eigenvalue weighted by atomic mass is 10.2. The number of hydrogen-bond donors (Lipinski definition) is 1. The quantitative estimate of drug-likeness (QED) is 0.720. The summed E-state index contributed by atoms with van der Waals surface area (Å²) in [6, 6.07) is 15.5. The highest BCUT2D eigenvalue weighted by Gasteiger charge is 2.16. The molecule has 0 aliphatic carbocycles. The van der Waals surface area contributed by atoms with Crippen molar-refractivity contribution in [3.63, 3.8) is 0 Å². The summed E-state index contributed by atoms with van der Waals surface area (Å²) in [6.45, 7) is 0.478. The third-order valence-corrected chi connectivity index (χ3v) is 5.85. The molecule has 1 aromatic carbocycles. The molecule has 0 bridgehead atoms. The van der Waals surface area contributed by atoms with Crippen molar-refractivity contribution < 1.29 is 9.53 Å². The van der Waals surface area contributed by atoms with Crippen LogP contribution in [-0.2, 0) is 13.0 Å². The topological polar surface area (TPSA) is 51.2 Å². The van der Waals surface area contributed by atoms with Gasteiger partial charge in [-0.2, -0.15) is 0 Å². The number of aromatic nitrogens is 1. The van der Waals surface area contributed by atoms with Gasteiger partial charge in [-0.3, -0.25) is 9.78 Å². The number of benzene rings is 1. The number of pyridine rings is 1. The molecule has 3 aromatic rings. The lowest BCUT2D eigenvalue weighted by molar-refractivity contribution is 0.0950. The maximum Gasteiger partial charge on any atom is 0.253 e. The molecule has 0 fully saturated rings. The Morgan fingerprint density at radius 2 is 2.08 bits per heavy atom. The normalized spacial score (nSPS) is 12.6. The molecule has 2 aromatic heterocycles. The van der Waals surface area contributed by atoms with E-state index in [0.29, 0.717) is 12.1 Å². The number of rotatable bonds is 5. The molecule has 25 heavy (non-hydrogen) atoms. The molecule has 0 atom stereocenters. The van der Waals surface area contributed by atoms with Crippen molar-refractivity contribution in [1.82, 2.24) is 10.3 Å². The molecule has 1 amide bonds. The minimum absolute atomic E-state index is 0.0956. The predicted molar refractivity (Wildman–Crippen MR) is 101 cm³/mol. The van der Waals surface area contributed by atoms with Crippen LogP contribution in [0, 0.1) is 0 Å². The van der Waals surface area contributed by atoms with Gasteiger partial charge in [-0.1, -0.05) is 18.2 Å². The monoisotopic (exact) mass is 368 g/mol. The van der Waals surface area contributed by atoms with Crippen LogP contribution in [0.2, 0.25) is 0 Å². The van der Waals surface area contributed by atoms with Crippen LogP contribution in [0.5, 0.6) is 10.8 Å². The predicted octanol–water partition coefficient (Wildman–Crippen LogP) is 4.51. The van der Waals surface area contributed by atoms with Crippen LogP contribution in [0.15, 0.2) is 59.6 Å². The largest absolute Gasteiger partial charge is 0.447 e. The Bertz CT molecular complexity index is 893. The fraction of sp³-hybridized carbons (Fsp3) is 0.158. The highest BCUT2D eigenvalue weighted by atomic mass is 32.2. The van der Waals surface area contributed by atoms with Crippen LogP contribution in [0.25, 0.3) is 0 Å². The number of hydrogen-bond acceptors (Lipinski definition) is 5. The van der Waals surface area contributed by atoms with Crippen molar-refractivity contribution in [2.45, 2.75) is 17.9 Å². The third kappa shape index (κ3) is 3.86. The number of ether oxygens (including phenoxy) is 1. The molecular weight excluding hydrogens is 352 g/mol. The third-order valence-electron chi connectivity index (χ3n) is 3.81. The molecule has 1 aliphatic heterocycles. The van der Waals surface area contributed by atoms with Gasteiger partial charge in [-0.15, -0.1) is 23.1 Å². The van der Waals surface area contributed by atoms with Crippen molar-refractivity contribution in [2.75, 3.05) is 5.75 Å². The van der Waals surface area contributed by atoms with Crippen LogP contribution in [0.1, 0.15) is 20.9 Å². The number of carbonyl (C=O) groups is 1. The molecule has 4 rings (SSSR count). The molecule has 0 unspecified atom stereocenters. The van der Waals surface area contributed by atoms with Crippen LogP contribution < -0.4 is 10.1 Å². The van der Waals surface area contributed by atoms with Crippen molar-refractivity contribution in [3.8, 4) is 10.8 Å². The number of carbonyl (C=O) groups excluding carboxylic acids is 1. The zero-order valence-electron chi connectivity index (χ0n) is 13.4. The number of nitrogens with one attached hydrogen (secondary N) is 1. The summed E-state index contributed by atoms with van der Waals surface area (Å²) in [5, 5.41) is 3.76. The van der Waals surface area contributed by atoms with E-state index in [0.717, 1.165) is 38.5 Å². The second-order valence-electron chi connectivity index (χ2n) is 5.59. The number of nitrogens with zero attached hydrogens (tertiary/aromatic N) is 1. The average molecular weight is 368 g/mol. The van der Waals surface area contributed by atoms with E-state index in [-0.39, 0.29) is 5.91 Å². The van der Waals surface area contributed by atoms with E-state index in [1.807, 2.05) is 48.5 Å². The number of para-hydroxylation sites is 1. The van der Waals surface area contributed by atoms with E-state index in [9.17, 15) is 4.79 Å². The minimum Gasteiger partial charge on any atom is -0.447 e. The van der Waals surface area contributed by atoms with E-state index in [1.165, 1.54) is 11.3 Å². The van der Waals surface area contributed by atoms with Gasteiger partial charge in [0.25, 0.3) is 5.91 Å². The summed E-state index contributed by atoms with van der Waals surface area (Å²) in [5.41, 5.74) is 1.72. The molecule has 0 saturated carbocycles. The lowest BCUT2D eigenvalue weighted by Crippen LogP contribution is -2.22. The Hall–Kier alpha value is -2.31. The maximum absolute atomic E-state index is 12.3. The Morgan fingerprint density at radius 3 is 2.96 bits per heavy atom. The number of fused-ring (bicyclic) bond motifs is 1. The molecule has 4 nitrogen and oxygen atoms in total. The Morgan fingerprint density at radius 1 is 1.20 bits per heavy atom. The van der Waals surface area contributed by atoms with E-state index < -0.39 is 0 Å². The molecule has 0 radical (unpaired) electrons. The first-order valence-corrected chi connectivity index (χ1v) is 9.80. The van der Waals surface area contributed by atoms with Crippen LogP contribution in [0.4, 0.5) is 0 Å². The second kappa shape index (κ2) is 7.29. The lowest BCUT2D eigenvalue weighted by Gasteiger charge is -2.05. The molecule has 6 heteroatoms. The van der Waals surface area contributed by atoms with Crippen LogP contribution in [0.3, 0.4) is 0 Å². The van der Waals surface area contributed by atoms with Gasteiger partial charge >= 0.3 is 0 Å². The number of amides is 1. The Labute approximate surface area is 154 Å². The van der Waals surface area contributed by atoms with E-state index in [1.54, 1.807) is 18.0 Å². The van der Waals surface area contributed by atoms with Crippen molar-refractivity contribution in [1.29, 1.82) is 0 Å². The Kier molecular flexibility index (Phi) is 4.72. The zero-order valence-corrected chi connectivity index (χ0v) is 15.0. The Balaban J connectivity index is 1.36.